The van der Waals surface area contributed by atoms with Crippen LogP contribution in [0.5, 0.6) is 0 Å². The third kappa shape index (κ3) is 9.26. The predicted octanol–water partition coefficient (Wildman–Crippen LogP) is 8.79. The van der Waals surface area contributed by atoms with Gasteiger partial charge in [-0.2, -0.15) is 0 Å². The molecule has 1 aliphatic heterocycles. The van der Waals surface area contributed by atoms with Crippen LogP contribution in [0.2, 0.25) is 26.2 Å². The van der Waals surface area contributed by atoms with Crippen molar-refractivity contribution >= 4 is 30.0 Å². The Bertz CT molecular complexity index is 1120. The van der Waals surface area contributed by atoms with Gasteiger partial charge in [0.1, 0.15) is 18.3 Å². The van der Waals surface area contributed by atoms with Crippen molar-refractivity contribution < 1.29 is 27.9 Å². The Morgan fingerprint density at radius 2 is 1.59 bits per heavy atom. The summed E-state index contributed by atoms with van der Waals surface area (Å²) in [5, 5.41) is 0. The Morgan fingerprint density at radius 3 is 2.11 bits per heavy atom. The number of fused-ring (bicyclic) bond motifs is 1. The van der Waals surface area contributed by atoms with E-state index in [4.69, 9.17) is 18.3 Å². The van der Waals surface area contributed by atoms with Gasteiger partial charge in [0.05, 0.1) is 11.0 Å². The van der Waals surface area contributed by atoms with Gasteiger partial charge in [0.25, 0.3) is 0 Å². The van der Waals surface area contributed by atoms with E-state index in [1.807, 2.05) is 0 Å². The first kappa shape index (κ1) is 39.2. The van der Waals surface area contributed by atoms with E-state index in [2.05, 4.69) is 114 Å². The van der Waals surface area contributed by atoms with Crippen LogP contribution in [0, 0.1) is 39.9 Å². The van der Waals surface area contributed by atoms with Gasteiger partial charge < -0.3 is 18.3 Å². The topological polar surface area (TPSA) is 71.1 Å². The minimum atomic E-state index is -1.53. The minimum absolute atomic E-state index is 0.0220. The molecule has 0 N–H and O–H groups in total. The first-order chi connectivity index (χ1) is 21.1. The van der Waals surface area contributed by atoms with Crippen molar-refractivity contribution in [1.29, 1.82) is 0 Å². The van der Waals surface area contributed by atoms with Crippen LogP contribution in [0.3, 0.4) is 0 Å². The zero-order valence-corrected chi connectivity index (χ0v) is 34.1. The minimum Gasteiger partial charge on any atom is -0.461 e. The largest absolute Gasteiger partial charge is 0.461 e. The normalized spacial score (nSPS) is 31.5. The Kier molecular flexibility index (Phi) is 12.9. The molecule has 0 radical (unpaired) electrons. The van der Waals surface area contributed by atoms with Crippen LogP contribution < -0.4 is 0 Å². The van der Waals surface area contributed by atoms with Crippen molar-refractivity contribution in [3.05, 3.63) is 23.8 Å². The maximum Gasteiger partial charge on any atom is 0.334 e. The third-order valence-electron chi connectivity index (χ3n) is 11.1. The molecule has 0 spiro atoms. The van der Waals surface area contributed by atoms with E-state index in [0.717, 1.165) is 38.5 Å². The number of carbonyl (C=O) groups is 2. The Morgan fingerprint density at radius 1 is 0.935 bits per heavy atom. The lowest BCUT2D eigenvalue weighted by Gasteiger charge is -2.52. The Balaban J connectivity index is 2.04. The Labute approximate surface area is 285 Å². The SMILES string of the molecule is CCCC(C)(CC)C(=O)O[C@H]1C[C@H](C(C)(C)C)C=C2C=CC[C@H]([C@](C)(C[C@H]3C[C@H](C(C)(C)C)C(O[SiH](C)C)C(=O)O3)O[SiH](C)C)[C@H]21. The maximum atomic E-state index is 14.0. The van der Waals surface area contributed by atoms with Gasteiger partial charge in [-0.15, -0.1) is 0 Å². The van der Waals surface area contributed by atoms with Crippen molar-refractivity contribution in [2.24, 2.45) is 39.9 Å². The van der Waals surface area contributed by atoms with E-state index in [0.29, 0.717) is 12.3 Å². The standard InChI is InChI=1S/C38H68O6Si2/c1-15-20-37(9,16-2)34(40)42-30-22-26(35(3,4)5)21-25-18-17-19-28(31(25)30)38(10,44-46(13)14)24-27-23-29(36(6,7)8)32(33(39)41-27)43-45(11)12/h17-18,21,26-32,45-46H,15-16,19-20,22-24H2,1-14H3/t26-,27-,28+,29+,30+,31+,32?,37?,38+/m1/s1. The maximum absolute atomic E-state index is 14.0. The summed E-state index contributed by atoms with van der Waals surface area (Å²) in [6.07, 6.45) is 11.5. The van der Waals surface area contributed by atoms with Crippen molar-refractivity contribution in [3.8, 4) is 0 Å². The fourth-order valence-corrected chi connectivity index (χ4v) is 10.5. The van der Waals surface area contributed by atoms with Crippen LogP contribution in [0.15, 0.2) is 23.8 Å². The van der Waals surface area contributed by atoms with Gasteiger partial charge in [0.2, 0.25) is 0 Å². The van der Waals surface area contributed by atoms with E-state index < -0.39 is 35.2 Å². The summed E-state index contributed by atoms with van der Waals surface area (Å²) >= 11 is 0. The number of hydrogen-bond acceptors (Lipinski definition) is 6. The highest BCUT2D eigenvalue weighted by Gasteiger charge is 2.53. The quantitative estimate of drug-likeness (QED) is 0.152. The molecular formula is C38H68O6Si2. The van der Waals surface area contributed by atoms with Crippen LogP contribution >= 0.6 is 0 Å². The molecule has 0 aromatic carbocycles. The van der Waals surface area contributed by atoms with Gasteiger partial charge in [-0.3, -0.25) is 4.79 Å². The van der Waals surface area contributed by atoms with Crippen LogP contribution in [-0.2, 0) is 27.9 Å². The lowest BCUT2D eigenvalue weighted by Crippen LogP contribution is -2.55. The van der Waals surface area contributed by atoms with Crippen molar-refractivity contribution in [1.82, 2.24) is 0 Å². The molecular weight excluding hydrogens is 609 g/mol. The van der Waals surface area contributed by atoms with E-state index in [-0.39, 0.29) is 52.7 Å². The van der Waals surface area contributed by atoms with E-state index in [1.165, 1.54) is 5.57 Å². The lowest BCUT2D eigenvalue weighted by atomic mass is 9.61. The number of esters is 2. The smallest absolute Gasteiger partial charge is 0.334 e. The number of ether oxygens (including phenoxy) is 2. The summed E-state index contributed by atoms with van der Waals surface area (Å²) in [5.74, 6) is 0.168. The molecule has 1 heterocycles. The van der Waals surface area contributed by atoms with Crippen molar-refractivity contribution in [2.75, 3.05) is 0 Å². The molecule has 0 aromatic rings. The first-order valence-corrected chi connectivity index (χ1v) is 23.8. The summed E-state index contributed by atoms with van der Waals surface area (Å²) in [5.41, 5.74) is 0.153. The van der Waals surface area contributed by atoms with Gasteiger partial charge in [0, 0.05) is 24.2 Å². The molecule has 0 bridgehead atoms. The molecule has 1 saturated heterocycles. The van der Waals surface area contributed by atoms with Crippen molar-refractivity contribution in [2.45, 2.75) is 164 Å². The van der Waals surface area contributed by atoms with Crippen LogP contribution in [0.25, 0.3) is 0 Å². The molecule has 264 valence electrons. The van der Waals surface area contributed by atoms with Gasteiger partial charge in [-0.1, -0.05) is 80.0 Å². The molecule has 46 heavy (non-hydrogen) atoms. The fourth-order valence-electron chi connectivity index (χ4n) is 8.29. The van der Waals surface area contributed by atoms with Gasteiger partial charge >= 0.3 is 11.9 Å². The number of cyclic esters (lactones) is 1. The number of rotatable bonds is 12. The average Bonchev–Trinajstić information content (AvgIpc) is 2.92. The second-order valence-corrected chi connectivity index (χ2v) is 22.5. The molecule has 0 saturated carbocycles. The third-order valence-corrected chi connectivity index (χ3v) is 12.9. The lowest BCUT2D eigenvalue weighted by molar-refractivity contribution is -0.183. The highest BCUT2D eigenvalue weighted by molar-refractivity contribution is 6.48. The number of allylic oxidation sites excluding steroid dienone is 3. The molecule has 1 fully saturated rings. The molecule has 8 heteroatoms. The second-order valence-electron chi connectivity index (χ2n) is 17.8. The molecule has 0 aromatic heterocycles. The zero-order chi connectivity index (χ0) is 34.8. The summed E-state index contributed by atoms with van der Waals surface area (Å²) in [7, 11) is -2.97. The van der Waals surface area contributed by atoms with Gasteiger partial charge in [-0.25, -0.2) is 4.79 Å². The van der Waals surface area contributed by atoms with Gasteiger partial charge in [-0.05, 0) is 94.5 Å². The summed E-state index contributed by atoms with van der Waals surface area (Å²) in [4.78, 5) is 27.5. The summed E-state index contributed by atoms with van der Waals surface area (Å²) in [6, 6.07) is 0. The second kappa shape index (κ2) is 15.1. The summed E-state index contributed by atoms with van der Waals surface area (Å²) < 4.78 is 26.3. The average molecular weight is 677 g/mol. The predicted molar refractivity (Wildman–Crippen MR) is 194 cm³/mol. The van der Waals surface area contributed by atoms with Gasteiger partial charge in [0.15, 0.2) is 18.1 Å². The van der Waals surface area contributed by atoms with E-state index >= 15 is 0 Å². The highest BCUT2D eigenvalue weighted by Crippen LogP contribution is 2.51. The van der Waals surface area contributed by atoms with Crippen LogP contribution in [-0.4, -0.2) is 53.9 Å². The van der Waals surface area contributed by atoms with Crippen LogP contribution in [0.1, 0.15) is 114 Å². The van der Waals surface area contributed by atoms with Crippen molar-refractivity contribution in [3.63, 3.8) is 0 Å². The first-order valence-electron chi connectivity index (χ1n) is 18.3. The molecule has 2 unspecified atom stereocenters. The molecule has 3 rings (SSSR count). The van der Waals surface area contributed by atoms with E-state index in [9.17, 15) is 9.59 Å². The number of carbonyl (C=O) groups excluding carboxylic acids is 2. The van der Waals surface area contributed by atoms with E-state index in [1.54, 1.807) is 0 Å². The Hall–Kier alpha value is -1.23. The fraction of sp³-hybridized carbons (Fsp3) is 0.842. The molecule has 3 aliphatic rings. The summed E-state index contributed by atoms with van der Waals surface area (Å²) in [6.45, 7) is 30.7. The van der Waals surface area contributed by atoms with Crippen LogP contribution in [0.4, 0.5) is 0 Å². The molecule has 2 aliphatic carbocycles. The molecule has 6 nitrogen and oxygen atoms in total. The monoisotopic (exact) mass is 676 g/mol. The highest BCUT2D eigenvalue weighted by atomic mass is 28.3. The molecule has 0 amide bonds. The zero-order valence-electron chi connectivity index (χ0n) is 31.8. The number of hydrogen-bond donors (Lipinski definition) is 0. The molecule has 9 atom stereocenters.